The summed E-state index contributed by atoms with van der Waals surface area (Å²) in [5.41, 5.74) is 1.95. The van der Waals surface area contributed by atoms with Crippen molar-refractivity contribution in [2.24, 2.45) is 0 Å². The third kappa shape index (κ3) is 6.17. The van der Waals surface area contributed by atoms with Crippen LogP contribution in [-0.2, 0) is 28.1 Å². The zero-order valence-corrected chi connectivity index (χ0v) is 16.0. The second-order valence-corrected chi connectivity index (χ2v) is 7.52. The first-order valence-corrected chi connectivity index (χ1v) is 9.26. The van der Waals surface area contributed by atoms with Gasteiger partial charge in [0.25, 0.3) is 5.22 Å². The van der Waals surface area contributed by atoms with E-state index < -0.39 is 0 Å². The van der Waals surface area contributed by atoms with Gasteiger partial charge in [0.1, 0.15) is 0 Å². The van der Waals surface area contributed by atoms with Gasteiger partial charge in [0.2, 0.25) is 11.8 Å². The molecular weight excluding hydrogens is 338 g/mol. The number of thioether (sulfide) groups is 1. The Balaban J connectivity index is 1.82. The quantitative estimate of drug-likeness (QED) is 0.725. The Kier molecular flexibility index (Phi) is 7.01. The summed E-state index contributed by atoms with van der Waals surface area (Å²) in [6.07, 6.45) is 0. The Morgan fingerprint density at radius 1 is 1.24 bits per heavy atom. The minimum Gasteiger partial charge on any atom is -0.415 e. The number of aromatic nitrogens is 2. The summed E-state index contributed by atoms with van der Waals surface area (Å²) < 4.78 is 11.0. The highest BCUT2D eigenvalue weighted by atomic mass is 32.2. The maximum atomic E-state index is 12.1. The van der Waals surface area contributed by atoms with E-state index in [9.17, 15) is 4.79 Å². The Bertz CT molecular complexity index is 695. The molecule has 2 aromatic rings. The van der Waals surface area contributed by atoms with Gasteiger partial charge in [-0.05, 0) is 18.1 Å². The van der Waals surface area contributed by atoms with Gasteiger partial charge in [-0.1, -0.05) is 56.8 Å². The van der Waals surface area contributed by atoms with E-state index in [4.69, 9.17) is 9.15 Å². The van der Waals surface area contributed by atoms with Gasteiger partial charge in [-0.25, -0.2) is 0 Å². The van der Waals surface area contributed by atoms with Crippen molar-refractivity contribution in [1.29, 1.82) is 0 Å². The van der Waals surface area contributed by atoms with Crippen molar-refractivity contribution in [3.05, 3.63) is 41.3 Å². The molecule has 0 radical (unpaired) electrons. The predicted molar refractivity (Wildman–Crippen MR) is 97.3 cm³/mol. The topological polar surface area (TPSA) is 77.2 Å². The normalized spacial score (nSPS) is 11.5. The largest absolute Gasteiger partial charge is 0.415 e. The first kappa shape index (κ1) is 19.5. The number of rotatable bonds is 8. The molecule has 0 atom stereocenters. The molecule has 136 valence electrons. The number of carbonyl (C=O) groups is 1. The molecule has 1 amide bonds. The molecule has 0 aliphatic carbocycles. The number of amides is 1. The first-order valence-electron chi connectivity index (χ1n) is 8.28. The van der Waals surface area contributed by atoms with Gasteiger partial charge < -0.3 is 14.5 Å². The molecule has 0 spiro atoms. The summed E-state index contributed by atoms with van der Waals surface area (Å²) in [5.74, 6) is 0.728. The first-order chi connectivity index (χ1) is 11.9. The zero-order valence-electron chi connectivity index (χ0n) is 15.2. The molecule has 6 nitrogen and oxygen atoms in total. The number of benzene rings is 1. The van der Waals surface area contributed by atoms with Gasteiger partial charge in [0.15, 0.2) is 0 Å². The van der Waals surface area contributed by atoms with Crippen LogP contribution in [0.1, 0.15) is 44.7 Å². The van der Waals surface area contributed by atoms with Gasteiger partial charge in [0, 0.05) is 18.6 Å². The summed E-state index contributed by atoms with van der Waals surface area (Å²) in [6, 6.07) is 7.93. The van der Waals surface area contributed by atoms with Crippen LogP contribution in [0.5, 0.6) is 0 Å². The summed E-state index contributed by atoms with van der Waals surface area (Å²) in [6.45, 7) is 9.65. The molecule has 1 aromatic carbocycles. The van der Waals surface area contributed by atoms with Crippen molar-refractivity contribution in [2.75, 3.05) is 12.4 Å². The predicted octanol–water partition coefficient (Wildman–Crippen LogP) is 3.31. The van der Waals surface area contributed by atoms with Crippen molar-refractivity contribution < 1.29 is 13.9 Å². The number of hydrogen-bond acceptors (Lipinski definition) is 6. The third-order valence-corrected chi connectivity index (χ3v) is 4.25. The number of hydrogen-bond donors (Lipinski definition) is 1. The average molecular weight is 363 g/mol. The van der Waals surface area contributed by atoms with Crippen LogP contribution < -0.4 is 5.32 Å². The highest BCUT2D eigenvalue weighted by Gasteiger charge is 2.21. The second kappa shape index (κ2) is 9.01. The zero-order chi connectivity index (χ0) is 18.3. The maximum absolute atomic E-state index is 12.1. The maximum Gasteiger partial charge on any atom is 0.277 e. The van der Waals surface area contributed by atoms with Crippen LogP contribution in [0.2, 0.25) is 0 Å². The molecule has 0 unspecified atom stereocenters. The van der Waals surface area contributed by atoms with Crippen LogP contribution in [0.4, 0.5) is 0 Å². The Labute approximate surface area is 152 Å². The molecule has 0 saturated carbocycles. The molecule has 0 aliphatic heterocycles. The molecule has 0 fully saturated rings. The highest BCUT2D eigenvalue weighted by Crippen LogP contribution is 2.24. The van der Waals surface area contributed by atoms with Crippen LogP contribution in [0.3, 0.4) is 0 Å². The van der Waals surface area contributed by atoms with E-state index >= 15 is 0 Å². The summed E-state index contributed by atoms with van der Waals surface area (Å²) in [5, 5.41) is 11.3. The molecule has 0 saturated heterocycles. The summed E-state index contributed by atoms with van der Waals surface area (Å²) in [4.78, 5) is 12.1. The molecule has 2 rings (SSSR count). The van der Waals surface area contributed by atoms with Crippen LogP contribution in [0, 0.1) is 0 Å². The van der Waals surface area contributed by atoms with Crippen molar-refractivity contribution in [3.8, 4) is 0 Å². The Morgan fingerprint density at radius 2 is 1.96 bits per heavy atom. The number of nitrogens with zero attached hydrogens (tertiary/aromatic N) is 2. The number of carbonyl (C=O) groups excluding carboxylic acids is 1. The summed E-state index contributed by atoms with van der Waals surface area (Å²) >= 11 is 1.24. The van der Waals surface area contributed by atoms with E-state index in [2.05, 4.69) is 15.5 Å². The average Bonchev–Trinajstić information content (AvgIpc) is 3.06. The minimum absolute atomic E-state index is 0.0771. The lowest BCUT2D eigenvalue weighted by molar-refractivity contribution is -0.118. The smallest absolute Gasteiger partial charge is 0.277 e. The van der Waals surface area contributed by atoms with Crippen molar-refractivity contribution in [3.63, 3.8) is 0 Å². The molecule has 1 N–H and O–H groups in total. The van der Waals surface area contributed by atoms with E-state index in [-0.39, 0.29) is 17.1 Å². The molecular formula is C18H25N3O3S. The lowest BCUT2D eigenvalue weighted by Crippen LogP contribution is -2.25. The van der Waals surface area contributed by atoms with Crippen molar-refractivity contribution in [1.82, 2.24) is 15.5 Å². The van der Waals surface area contributed by atoms with Gasteiger partial charge in [-0.15, -0.1) is 10.2 Å². The van der Waals surface area contributed by atoms with Gasteiger partial charge in [-0.2, -0.15) is 0 Å². The molecule has 25 heavy (non-hydrogen) atoms. The molecule has 7 heteroatoms. The van der Waals surface area contributed by atoms with Crippen LogP contribution in [0.15, 0.2) is 33.9 Å². The number of ether oxygens (including phenoxy) is 1. The monoisotopic (exact) mass is 363 g/mol. The van der Waals surface area contributed by atoms with Gasteiger partial charge in [-0.3, -0.25) is 4.79 Å². The van der Waals surface area contributed by atoms with Crippen molar-refractivity contribution in [2.45, 2.75) is 51.5 Å². The molecule has 1 aromatic heterocycles. The van der Waals surface area contributed by atoms with E-state index in [1.807, 2.05) is 52.0 Å². The van der Waals surface area contributed by atoms with E-state index in [0.717, 1.165) is 11.1 Å². The van der Waals surface area contributed by atoms with Crippen molar-refractivity contribution >= 4 is 17.7 Å². The van der Waals surface area contributed by atoms with Crippen LogP contribution >= 0.6 is 11.8 Å². The van der Waals surface area contributed by atoms with E-state index in [1.165, 1.54) is 11.8 Å². The SMILES string of the molecule is CCOCc1ccccc1CNC(=O)CSc1nnc(C(C)(C)C)o1. The van der Waals surface area contributed by atoms with E-state index in [0.29, 0.717) is 30.9 Å². The summed E-state index contributed by atoms with van der Waals surface area (Å²) in [7, 11) is 0. The molecule has 0 aliphatic rings. The number of nitrogens with one attached hydrogen (secondary N) is 1. The van der Waals surface area contributed by atoms with Crippen LogP contribution in [-0.4, -0.2) is 28.5 Å². The minimum atomic E-state index is -0.196. The fourth-order valence-corrected chi connectivity index (χ4v) is 2.62. The molecule has 1 heterocycles. The highest BCUT2D eigenvalue weighted by molar-refractivity contribution is 7.99. The fourth-order valence-electron chi connectivity index (χ4n) is 2.03. The second-order valence-electron chi connectivity index (χ2n) is 6.59. The lowest BCUT2D eigenvalue weighted by atomic mass is 9.97. The van der Waals surface area contributed by atoms with E-state index in [1.54, 1.807) is 0 Å². The Morgan fingerprint density at radius 3 is 2.60 bits per heavy atom. The fraction of sp³-hybridized carbons (Fsp3) is 0.500. The molecule has 0 bridgehead atoms. The lowest BCUT2D eigenvalue weighted by Gasteiger charge is -2.11. The van der Waals surface area contributed by atoms with Gasteiger partial charge >= 0.3 is 0 Å². The standard InChI is InChI=1S/C18H25N3O3S/c1-5-23-11-14-9-7-6-8-13(14)10-19-15(22)12-25-17-21-20-16(24-17)18(2,3)4/h6-9H,5,10-12H2,1-4H3,(H,19,22). The van der Waals surface area contributed by atoms with Crippen LogP contribution in [0.25, 0.3) is 0 Å². The Hall–Kier alpha value is -1.86. The van der Waals surface area contributed by atoms with Gasteiger partial charge in [0.05, 0.1) is 12.4 Å². The third-order valence-electron chi connectivity index (χ3n) is 3.43.